The normalized spacial score (nSPS) is 15.6. The molecule has 0 aliphatic carbocycles. The molecule has 0 spiro atoms. The zero-order valence-electron chi connectivity index (χ0n) is 14.4. The minimum absolute atomic E-state index is 0.266. The van der Waals surface area contributed by atoms with Crippen LogP contribution >= 0.6 is 12.2 Å². The number of hydrogen-bond acceptors (Lipinski definition) is 5. The standard InChI is InChI=1S/C19H21N3O3S/c26-19(21-15-3-6-17-18(11-15)25-13-24-17)20-12-14-1-4-16(5-2-14)22-7-9-23-10-8-22/h1-6,11H,7-10,12-13H2,(H2,20,21,26). The first-order valence-electron chi connectivity index (χ1n) is 8.64. The Labute approximate surface area is 158 Å². The predicted octanol–water partition coefficient (Wildman–Crippen LogP) is 2.74. The number of fused-ring (bicyclic) bond motifs is 1. The summed E-state index contributed by atoms with van der Waals surface area (Å²) in [6.07, 6.45) is 0. The zero-order chi connectivity index (χ0) is 17.8. The Bertz CT molecular complexity index is 776. The maximum Gasteiger partial charge on any atom is 0.231 e. The number of nitrogens with one attached hydrogen (secondary N) is 2. The fourth-order valence-electron chi connectivity index (χ4n) is 2.98. The van der Waals surface area contributed by atoms with Gasteiger partial charge in [0.15, 0.2) is 16.6 Å². The first-order chi connectivity index (χ1) is 12.8. The monoisotopic (exact) mass is 371 g/mol. The molecule has 2 N–H and O–H groups in total. The van der Waals surface area contributed by atoms with Crippen LogP contribution in [0.2, 0.25) is 0 Å². The molecule has 6 nitrogen and oxygen atoms in total. The molecule has 0 amide bonds. The molecule has 0 radical (unpaired) electrons. The summed E-state index contributed by atoms with van der Waals surface area (Å²) in [6.45, 7) is 4.41. The van der Waals surface area contributed by atoms with E-state index in [-0.39, 0.29) is 6.79 Å². The summed E-state index contributed by atoms with van der Waals surface area (Å²) in [5.41, 5.74) is 3.28. The Balaban J connectivity index is 1.28. The molecule has 26 heavy (non-hydrogen) atoms. The molecule has 0 bridgehead atoms. The second-order valence-electron chi connectivity index (χ2n) is 6.14. The molecule has 0 atom stereocenters. The van der Waals surface area contributed by atoms with E-state index < -0.39 is 0 Å². The van der Waals surface area contributed by atoms with Gasteiger partial charge in [-0.25, -0.2) is 0 Å². The van der Waals surface area contributed by atoms with Crippen molar-refractivity contribution in [3.05, 3.63) is 48.0 Å². The van der Waals surface area contributed by atoms with E-state index in [2.05, 4.69) is 39.8 Å². The van der Waals surface area contributed by atoms with Crippen LogP contribution in [0.25, 0.3) is 0 Å². The second kappa shape index (κ2) is 7.80. The fourth-order valence-corrected chi connectivity index (χ4v) is 3.17. The molecule has 7 heteroatoms. The van der Waals surface area contributed by atoms with Crippen molar-refractivity contribution in [2.75, 3.05) is 43.3 Å². The van der Waals surface area contributed by atoms with Crippen LogP contribution in [0.4, 0.5) is 11.4 Å². The minimum Gasteiger partial charge on any atom is -0.454 e. The molecule has 4 rings (SSSR count). The summed E-state index contributed by atoms with van der Waals surface area (Å²) >= 11 is 5.37. The highest BCUT2D eigenvalue weighted by Gasteiger charge is 2.13. The first kappa shape index (κ1) is 16.9. The van der Waals surface area contributed by atoms with Crippen LogP contribution in [0.3, 0.4) is 0 Å². The number of morpholine rings is 1. The molecule has 1 fully saturated rings. The van der Waals surface area contributed by atoms with Crippen LogP contribution in [0.1, 0.15) is 5.56 Å². The van der Waals surface area contributed by atoms with E-state index in [0.717, 1.165) is 43.5 Å². The molecule has 136 valence electrons. The topological polar surface area (TPSA) is 55.0 Å². The van der Waals surface area contributed by atoms with Crippen LogP contribution in [-0.4, -0.2) is 38.2 Å². The zero-order valence-corrected chi connectivity index (χ0v) is 15.2. The predicted molar refractivity (Wildman–Crippen MR) is 105 cm³/mol. The second-order valence-corrected chi connectivity index (χ2v) is 6.55. The Morgan fingerprint density at radius 1 is 1.00 bits per heavy atom. The van der Waals surface area contributed by atoms with Crippen molar-refractivity contribution < 1.29 is 14.2 Å². The highest BCUT2D eigenvalue weighted by atomic mass is 32.1. The van der Waals surface area contributed by atoms with E-state index >= 15 is 0 Å². The van der Waals surface area contributed by atoms with E-state index in [9.17, 15) is 0 Å². The number of hydrogen-bond donors (Lipinski definition) is 2. The molecular weight excluding hydrogens is 350 g/mol. The van der Waals surface area contributed by atoms with Crippen LogP contribution in [0, 0.1) is 0 Å². The largest absolute Gasteiger partial charge is 0.454 e. The number of rotatable bonds is 4. The molecule has 0 unspecified atom stereocenters. The van der Waals surface area contributed by atoms with Gasteiger partial charge in [-0.2, -0.15) is 0 Å². The van der Waals surface area contributed by atoms with Gasteiger partial charge >= 0.3 is 0 Å². The van der Waals surface area contributed by atoms with Crippen LogP contribution in [0.15, 0.2) is 42.5 Å². The van der Waals surface area contributed by atoms with Gasteiger partial charge in [0.1, 0.15) is 0 Å². The lowest BCUT2D eigenvalue weighted by Gasteiger charge is -2.28. The summed E-state index contributed by atoms with van der Waals surface area (Å²) in [7, 11) is 0. The average molecular weight is 371 g/mol. The van der Waals surface area contributed by atoms with E-state index in [1.807, 2.05) is 18.2 Å². The van der Waals surface area contributed by atoms with Crippen molar-refractivity contribution in [2.45, 2.75) is 6.54 Å². The fraction of sp³-hybridized carbons (Fsp3) is 0.316. The summed E-state index contributed by atoms with van der Waals surface area (Å²) in [5.74, 6) is 1.49. The van der Waals surface area contributed by atoms with Crippen molar-refractivity contribution >= 4 is 28.7 Å². The third-order valence-corrected chi connectivity index (χ3v) is 4.64. The molecule has 2 aliphatic rings. The van der Waals surface area contributed by atoms with Crippen molar-refractivity contribution in [3.63, 3.8) is 0 Å². The van der Waals surface area contributed by atoms with Crippen molar-refractivity contribution in [1.29, 1.82) is 0 Å². The molecule has 1 saturated heterocycles. The maximum atomic E-state index is 5.40. The van der Waals surface area contributed by atoms with Gasteiger partial charge < -0.3 is 29.7 Å². The van der Waals surface area contributed by atoms with E-state index in [4.69, 9.17) is 26.4 Å². The molecular formula is C19H21N3O3S. The molecule has 2 aromatic carbocycles. The lowest BCUT2D eigenvalue weighted by molar-refractivity contribution is 0.122. The number of ether oxygens (including phenoxy) is 3. The van der Waals surface area contributed by atoms with Gasteiger partial charge in [-0.1, -0.05) is 12.1 Å². The summed E-state index contributed by atoms with van der Waals surface area (Å²) in [6, 6.07) is 14.2. The molecule has 2 aromatic rings. The third kappa shape index (κ3) is 4.00. The van der Waals surface area contributed by atoms with Crippen LogP contribution < -0.4 is 25.0 Å². The maximum absolute atomic E-state index is 5.40. The highest BCUT2D eigenvalue weighted by Crippen LogP contribution is 2.34. The number of benzene rings is 2. The van der Waals surface area contributed by atoms with Crippen LogP contribution in [-0.2, 0) is 11.3 Å². The first-order valence-corrected chi connectivity index (χ1v) is 9.05. The van der Waals surface area contributed by atoms with E-state index in [0.29, 0.717) is 11.7 Å². The Morgan fingerprint density at radius 2 is 1.77 bits per heavy atom. The molecule has 0 aromatic heterocycles. The van der Waals surface area contributed by atoms with Crippen molar-refractivity contribution in [3.8, 4) is 11.5 Å². The van der Waals surface area contributed by atoms with Gasteiger partial charge in [0.05, 0.1) is 13.2 Å². The molecule has 0 saturated carbocycles. The van der Waals surface area contributed by atoms with Gasteiger partial charge in [-0.3, -0.25) is 0 Å². The lowest BCUT2D eigenvalue weighted by atomic mass is 10.2. The highest BCUT2D eigenvalue weighted by molar-refractivity contribution is 7.80. The molecule has 2 aliphatic heterocycles. The van der Waals surface area contributed by atoms with Gasteiger partial charge in [0, 0.05) is 37.1 Å². The average Bonchev–Trinajstić information content (AvgIpc) is 3.15. The summed E-state index contributed by atoms with van der Waals surface area (Å²) < 4.78 is 16.1. The SMILES string of the molecule is S=C(NCc1ccc(N2CCOCC2)cc1)Nc1ccc2c(c1)OCO2. The number of thiocarbonyl (C=S) groups is 1. The molecule has 2 heterocycles. The summed E-state index contributed by atoms with van der Waals surface area (Å²) in [4.78, 5) is 2.34. The lowest BCUT2D eigenvalue weighted by Crippen LogP contribution is -2.36. The van der Waals surface area contributed by atoms with E-state index in [1.165, 1.54) is 11.3 Å². The van der Waals surface area contributed by atoms with Gasteiger partial charge in [-0.05, 0) is 42.0 Å². The quantitative estimate of drug-likeness (QED) is 0.802. The van der Waals surface area contributed by atoms with Gasteiger partial charge in [0.25, 0.3) is 0 Å². The summed E-state index contributed by atoms with van der Waals surface area (Å²) in [5, 5.41) is 6.97. The van der Waals surface area contributed by atoms with Gasteiger partial charge in [0.2, 0.25) is 6.79 Å². The minimum atomic E-state index is 0.266. The van der Waals surface area contributed by atoms with E-state index in [1.54, 1.807) is 0 Å². The van der Waals surface area contributed by atoms with Crippen LogP contribution in [0.5, 0.6) is 11.5 Å². The third-order valence-electron chi connectivity index (χ3n) is 4.40. The Kier molecular flexibility index (Phi) is 5.08. The Morgan fingerprint density at radius 3 is 2.58 bits per heavy atom. The van der Waals surface area contributed by atoms with Gasteiger partial charge in [-0.15, -0.1) is 0 Å². The smallest absolute Gasteiger partial charge is 0.231 e. The number of nitrogens with zero attached hydrogens (tertiary/aromatic N) is 1. The Hall–Kier alpha value is -2.51. The van der Waals surface area contributed by atoms with Crippen molar-refractivity contribution in [1.82, 2.24) is 5.32 Å². The van der Waals surface area contributed by atoms with Crippen molar-refractivity contribution in [2.24, 2.45) is 0 Å². The number of anilines is 2.